The van der Waals surface area contributed by atoms with Crippen molar-refractivity contribution in [2.24, 2.45) is 0 Å². The molecule has 5 nitrogen and oxygen atoms in total. The Labute approximate surface area is 107 Å². The average Bonchev–Trinajstić information content (AvgIpc) is 2.39. The van der Waals surface area contributed by atoms with Crippen LogP contribution in [0.1, 0.15) is 28.9 Å². The molecule has 1 aromatic heterocycles. The molecule has 1 aromatic rings. The highest BCUT2D eigenvalue weighted by Crippen LogP contribution is 2.14. The van der Waals surface area contributed by atoms with Gasteiger partial charge in [-0.1, -0.05) is 0 Å². The van der Waals surface area contributed by atoms with E-state index in [0.29, 0.717) is 17.3 Å². The van der Waals surface area contributed by atoms with Crippen LogP contribution < -0.4 is 10.6 Å². The van der Waals surface area contributed by atoms with Crippen molar-refractivity contribution < 1.29 is 9.53 Å². The van der Waals surface area contributed by atoms with E-state index in [1.807, 2.05) is 13.0 Å². The molecule has 2 rings (SSSR count). The molecule has 0 spiro atoms. The smallest absolute Gasteiger partial charge is 0.339 e. The Bertz CT molecular complexity index is 428. The van der Waals surface area contributed by atoms with Crippen molar-refractivity contribution in [1.29, 1.82) is 0 Å². The number of nitrogens with one attached hydrogen (secondary N) is 2. The van der Waals surface area contributed by atoms with Crippen LogP contribution >= 0.6 is 0 Å². The minimum absolute atomic E-state index is 0.342. The van der Waals surface area contributed by atoms with Crippen molar-refractivity contribution in [1.82, 2.24) is 10.3 Å². The first-order chi connectivity index (χ1) is 8.70. The number of pyridine rings is 1. The highest BCUT2D eigenvalue weighted by Gasteiger charge is 2.15. The van der Waals surface area contributed by atoms with E-state index in [1.165, 1.54) is 13.5 Å². The lowest BCUT2D eigenvalue weighted by atomic mass is 10.1. The molecule has 0 aliphatic carbocycles. The largest absolute Gasteiger partial charge is 0.465 e. The number of hydrogen-bond donors (Lipinski definition) is 2. The van der Waals surface area contributed by atoms with E-state index in [0.717, 1.165) is 25.3 Å². The Kier molecular flexibility index (Phi) is 4.15. The number of hydrogen-bond acceptors (Lipinski definition) is 5. The molecule has 0 saturated carbocycles. The van der Waals surface area contributed by atoms with Gasteiger partial charge in [-0.25, -0.2) is 9.78 Å². The van der Waals surface area contributed by atoms with Crippen molar-refractivity contribution in [2.75, 3.05) is 25.5 Å². The number of rotatable bonds is 3. The minimum atomic E-state index is -0.342. The standard InChI is InChI=1S/C13H19N3O2/c1-9-11(13(17)18-2)5-6-12(15-9)16-10-4-3-7-14-8-10/h5-6,10,14H,3-4,7-8H2,1-2H3,(H,15,16). The second kappa shape index (κ2) is 5.82. The van der Waals surface area contributed by atoms with Crippen LogP contribution in [-0.4, -0.2) is 37.2 Å². The SMILES string of the molecule is COC(=O)c1ccc(NC2CCCNC2)nc1C. The molecule has 1 fully saturated rings. The number of piperidine rings is 1. The molecule has 1 unspecified atom stereocenters. The Morgan fingerprint density at radius 3 is 3.00 bits per heavy atom. The molecule has 98 valence electrons. The molecule has 18 heavy (non-hydrogen) atoms. The number of esters is 1. The summed E-state index contributed by atoms with van der Waals surface area (Å²) in [7, 11) is 1.38. The zero-order chi connectivity index (χ0) is 13.0. The lowest BCUT2D eigenvalue weighted by molar-refractivity contribution is 0.0599. The van der Waals surface area contributed by atoms with E-state index in [-0.39, 0.29) is 5.97 Å². The van der Waals surface area contributed by atoms with Gasteiger partial charge in [0.25, 0.3) is 0 Å². The summed E-state index contributed by atoms with van der Waals surface area (Å²) < 4.78 is 4.70. The van der Waals surface area contributed by atoms with Gasteiger partial charge in [0.1, 0.15) is 5.82 Å². The van der Waals surface area contributed by atoms with Gasteiger partial charge in [-0.05, 0) is 38.4 Å². The molecule has 1 atom stereocenters. The van der Waals surface area contributed by atoms with Gasteiger partial charge in [-0.3, -0.25) is 0 Å². The highest BCUT2D eigenvalue weighted by molar-refractivity contribution is 5.90. The maximum absolute atomic E-state index is 11.4. The zero-order valence-corrected chi connectivity index (χ0v) is 10.8. The van der Waals surface area contributed by atoms with Gasteiger partial charge in [0, 0.05) is 12.6 Å². The number of methoxy groups -OCH3 is 1. The highest BCUT2D eigenvalue weighted by atomic mass is 16.5. The molecule has 0 bridgehead atoms. The van der Waals surface area contributed by atoms with E-state index in [9.17, 15) is 4.79 Å². The van der Waals surface area contributed by atoms with E-state index in [2.05, 4.69) is 15.6 Å². The van der Waals surface area contributed by atoms with Gasteiger partial charge in [-0.2, -0.15) is 0 Å². The Balaban J connectivity index is 2.06. The fraction of sp³-hybridized carbons (Fsp3) is 0.538. The molecule has 5 heteroatoms. The van der Waals surface area contributed by atoms with Crippen molar-refractivity contribution >= 4 is 11.8 Å². The first-order valence-electron chi connectivity index (χ1n) is 6.24. The third-order valence-electron chi connectivity index (χ3n) is 3.14. The summed E-state index contributed by atoms with van der Waals surface area (Å²) in [4.78, 5) is 15.8. The molecule has 1 aliphatic heterocycles. The van der Waals surface area contributed by atoms with E-state index in [1.54, 1.807) is 6.07 Å². The molecular weight excluding hydrogens is 230 g/mol. The van der Waals surface area contributed by atoms with E-state index >= 15 is 0 Å². The van der Waals surface area contributed by atoms with Crippen molar-refractivity contribution in [2.45, 2.75) is 25.8 Å². The van der Waals surface area contributed by atoms with Crippen molar-refractivity contribution in [3.8, 4) is 0 Å². The van der Waals surface area contributed by atoms with Crippen molar-refractivity contribution in [3.05, 3.63) is 23.4 Å². The summed E-state index contributed by atoms with van der Waals surface area (Å²) in [5.41, 5.74) is 1.21. The van der Waals surface area contributed by atoms with Crippen LogP contribution in [0, 0.1) is 6.92 Å². The van der Waals surface area contributed by atoms with Crippen LogP contribution in [0.4, 0.5) is 5.82 Å². The van der Waals surface area contributed by atoms with Crippen LogP contribution in [0.5, 0.6) is 0 Å². The summed E-state index contributed by atoms with van der Waals surface area (Å²) in [6.07, 6.45) is 2.32. The van der Waals surface area contributed by atoms with Crippen LogP contribution in [0.3, 0.4) is 0 Å². The van der Waals surface area contributed by atoms with Gasteiger partial charge in [0.2, 0.25) is 0 Å². The van der Waals surface area contributed by atoms with Crippen LogP contribution in [0.15, 0.2) is 12.1 Å². The molecule has 0 aromatic carbocycles. The fourth-order valence-corrected chi connectivity index (χ4v) is 2.15. The minimum Gasteiger partial charge on any atom is -0.465 e. The predicted octanol–water partition coefficient (Wildman–Crippen LogP) is 1.34. The zero-order valence-electron chi connectivity index (χ0n) is 10.8. The van der Waals surface area contributed by atoms with Gasteiger partial charge in [-0.15, -0.1) is 0 Å². The molecule has 0 amide bonds. The number of aryl methyl sites for hydroxylation is 1. The molecule has 0 radical (unpaired) electrons. The van der Waals surface area contributed by atoms with Crippen molar-refractivity contribution in [3.63, 3.8) is 0 Å². The lowest BCUT2D eigenvalue weighted by Crippen LogP contribution is -2.38. The normalized spacial score (nSPS) is 19.3. The maximum atomic E-state index is 11.4. The fourth-order valence-electron chi connectivity index (χ4n) is 2.15. The molecule has 1 aliphatic rings. The number of carbonyl (C=O) groups excluding carboxylic acids is 1. The number of nitrogens with zero attached hydrogens (tertiary/aromatic N) is 1. The Morgan fingerprint density at radius 2 is 2.39 bits per heavy atom. The van der Waals surface area contributed by atoms with Crippen LogP contribution in [0.2, 0.25) is 0 Å². The Morgan fingerprint density at radius 1 is 1.56 bits per heavy atom. The monoisotopic (exact) mass is 249 g/mol. The predicted molar refractivity (Wildman–Crippen MR) is 69.8 cm³/mol. The first-order valence-corrected chi connectivity index (χ1v) is 6.24. The average molecular weight is 249 g/mol. The van der Waals surface area contributed by atoms with E-state index < -0.39 is 0 Å². The quantitative estimate of drug-likeness (QED) is 0.791. The lowest BCUT2D eigenvalue weighted by Gasteiger charge is -2.24. The first kappa shape index (κ1) is 12.8. The summed E-state index contributed by atoms with van der Waals surface area (Å²) >= 11 is 0. The number of ether oxygens (including phenoxy) is 1. The van der Waals surface area contributed by atoms with Crippen LogP contribution in [0.25, 0.3) is 0 Å². The van der Waals surface area contributed by atoms with Crippen LogP contribution in [-0.2, 0) is 4.74 Å². The molecule has 1 saturated heterocycles. The second-order valence-electron chi connectivity index (χ2n) is 4.51. The third-order valence-corrected chi connectivity index (χ3v) is 3.14. The second-order valence-corrected chi connectivity index (χ2v) is 4.51. The molecule has 2 heterocycles. The van der Waals surface area contributed by atoms with Gasteiger partial charge >= 0.3 is 5.97 Å². The summed E-state index contributed by atoms with van der Waals surface area (Å²) in [6.45, 7) is 3.86. The number of anilines is 1. The molecule has 2 N–H and O–H groups in total. The molecular formula is C13H19N3O2. The number of aromatic nitrogens is 1. The Hall–Kier alpha value is -1.62. The van der Waals surface area contributed by atoms with Gasteiger partial charge in [0.15, 0.2) is 0 Å². The summed E-state index contributed by atoms with van der Waals surface area (Å²) in [6, 6.07) is 4.00. The number of carbonyl (C=O) groups is 1. The van der Waals surface area contributed by atoms with E-state index in [4.69, 9.17) is 4.74 Å². The topological polar surface area (TPSA) is 63.2 Å². The van der Waals surface area contributed by atoms with Gasteiger partial charge < -0.3 is 15.4 Å². The summed E-state index contributed by atoms with van der Waals surface area (Å²) in [5, 5.41) is 6.72. The maximum Gasteiger partial charge on any atom is 0.339 e. The third kappa shape index (κ3) is 2.98. The van der Waals surface area contributed by atoms with Gasteiger partial charge in [0.05, 0.1) is 18.4 Å². The summed E-state index contributed by atoms with van der Waals surface area (Å²) in [5.74, 6) is 0.472.